The maximum Gasteiger partial charge on any atom is 0.256 e. The Hall–Kier alpha value is -3.96. The quantitative estimate of drug-likeness (QED) is 0.295. The van der Waals surface area contributed by atoms with Crippen molar-refractivity contribution in [2.45, 2.75) is 27.7 Å². The molecule has 0 atom stereocenters. The minimum absolute atomic E-state index is 0.237. The summed E-state index contributed by atoms with van der Waals surface area (Å²) < 4.78 is 1.89. The number of hydrogen-bond acceptors (Lipinski definition) is 3. The fraction of sp³-hybridized carbons (Fsp3) is 0.138. The summed E-state index contributed by atoms with van der Waals surface area (Å²) in [5.41, 5.74) is 8.61. The number of amides is 1. The molecule has 0 aliphatic rings. The Labute approximate surface area is 209 Å². The van der Waals surface area contributed by atoms with Crippen molar-refractivity contribution in [1.29, 1.82) is 0 Å². The van der Waals surface area contributed by atoms with Crippen molar-refractivity contribution in [3.63, 3.8) is 0 Å². The van der Waals surface area contributed by atoms with Crippen molar-refractivity contribution in [1.82, 2.24) is 14.8 Å². The maximum absolute atomic E-state index is 13.5. The number of pyridine rings is 1. The van der Waals surface area contributed by atoms with E-state index in [2.05, 4.69) is 29.5 Å². The topological polar surface area (TPSA) is 59.8 Å². The van der Waals surface area contributed by atoms with E-state index in [1.165, 1.54) is 5.56 Å². The third-order valence-electron chi connectivity index (χ3n) is 6.15. The van der Waals surface area contributed by atoms with Crippen molar-refractivity contribution >= 4 is 34.1 Å². The van der Waals surface area contributed by atoms with E-state index in [0.717, 1.165) is 39.0 Å². The molecule has 0 spiro atoms. The number of nitrogens with zero attached hydrogens (tertiary/aromatic N) is 3. The molecule has 2 aromatic heterocycles. The minimum Gasteiger partial charge on any atom is -0.321 e. The average molecular weight is 481 g/mol. The van der Waals surface area contributed by atoms with E-state index in [9.17, 15) is 4.79 Å². The van der Waals surface area contributed by atoms with Gasteiger partial charge in [-0.25, -0.2) is 9.67 Å². The highest BCUT2D eigenvalue weighted by Crippen LogP contribution is 2.30. The third kappa shape index (κ3) is 4.43. The smallest absolute Gasteiger partial charge is 0.256 e. The zero-order valence-corrected chi connectivity index (χ0v) is 20.8. The number of benzene rings is 3. The molecule has 2 heterocycles. The van der Waals surface area contributed by atoms with Gasteiger partial charge in [0.15, 0.2) is 0 Å². The van der Waals surface area contributed by atoms with Crippen LogP contribution in [0.15, 0.2) is 72.9 Å². The number of halogens is 1. The highest BCUT2D eigenvalue weighted by atomic mass is 35.5. The van der Waals surface area contributed by atoms with Crippen LogP contribution < -0.4 is 5.32 Å². The number of aromatic nitrogens is 3. The Morgan fingerprint density at radius 1 is 0.857 bits per heavy atom. The predicted octanol–water partition coefficient (Wildman–Crippen LogP) is 7.23. The molecule has 1 N–H and O–H groups in total. The lowest BCUT2D eigenvalue weighted by molar-refractivity contribution is 0.102. The third-order valence-corrected chi connectivity index (χ3v) is 6.46. The zero-order valence-electron chi connectivity index (χ0n) is 20.1. The van der Waals surface area contributed by atoms with E-state index < -0.39 is 0 Å². The lowest BCUT2D eigenvalue weighted by Gasteiger charge is -2.12. The highest BCUT2D eigenvalue weighted by molar-refractivity contribution is 6.34. The second-order valence-electron chi connectivity index (χ2n) is 8.90. The van der Waals surface area contributed by atoms with Crippen molar-refractivity contribution in [2.75, 3.05) is 5.32 Å². The molecule has 5 rings (SSSR count). The summed E-state index contributed by atoms with van der Waals surface area (Å²) in [5.74, 6) is -0.237. The van der Waals surface area contributed by atoms with Crippen LogP contribution in [0.2, 0.25) is 5.02 Å². The lowest BCUT2D eigenvalue weighted by atomic mass is 10.0. The molecule has 0 radical (unpaired) electrons. The molecule has 0 fully saturated rings. The van der Waals surface area contributed by atoms with E-state index in [4.69, 9.17) is 16.6 Å². The molecule has 5 aromatic rings. The SMILES string of the molecule is Cc1ccc(-n2ncc(-c3cc(C(=O)Nc4ccc(C)cc4Cl)c4cc(C)ccc4n3)c2C)cc1. The summed E-state index contributed by atoms with van der Waals surface area (Å²) in [4.78, 5) is 18.4. The summed E-state index contributed by atoms with van der Waals surface area (Å²) >= 11 is 6.39. The summed E-state index contributed by atoms with van der Waals surface area (Å²) in [5, 5.41) is 8.88. The number of aryl methyl sites for hydroxylation is 3. The number of rotatable bonds is 4. The van der Waals surface area contributed by atoms with Gasteiger partial charge in [0.25, 0.3) is 5.91 Å². The number of carbonyl (C=O) groups is 1. The molecule has 0 unspecified atom stereocenters. The van der Waals surface area contributed by atoms with E-state index >= 15 is 0 Å². The van der Waals surface area contributed by atoms with Crippen LogP contribution in [0.3, 0.4) is 0 Å². The van der Waals surface area contributed by atoms with Gasteiger partial charge in [-0.1, -0.05) is 47.0 Å². The van der Waals surface area contributed by atoms with E-state index in [1.54, 1.807) is 6.20 Å². The van der Waals surface area contributed by atoms with Crippen molar-refractivity contribution in [3.05, 3.63) is 106 Å². The molecule has 174 valence electrons. The predicted molar refractivity (Wildman–Crippen MR) is 143 cm³/mol. The average Bonchev–Trinajstić information content (AvgIpc) is 3.22. The Morgan fingerprint density at radius 2 is 1.54 bits per heavy atom. The normalized spacial score (nSPS) is 11.1. The highest BCUT2D eigenvalue weighted by Gasteiger charge is 2.18. The molecule has 6 heteroatoms. The van der Waals surface area contributed by atoms with Gasteiger partial charge in [-0.15, -0.1) is 0 Å². The fourth-order valence-electron chi connectivity index (χ4n) is 4.18. The van der Waals surface area contributed by atoms with Gasteiger partial charge in [0.05, 0.1) is 45.1 Å². The van der Waals surface area contributed by atoms with Crippen LogP contribution in [0.25, 0.3) is 27.8 Å². The fourth-order valence-corrected chi connectivity index (χ4v) is 4.47. The first-order chi connectivity index (χ1) is 16.8. The number of fused-ring (bicyclic) bond motifs is 1. The van der Waals surface area contributed by atoms with E-state index in [1.807, 2.05) is 80.1 Å². The second kappa shape index (κ2) is 9.01. The van der Waals surface area contributed by atoms with Gasteiger partial charge in [0.2, 0.25) is 0 Å². The number of carbonyl (C=O) groups excluding carboxylic acids is 1. The van der Waals surface area contributed by atoms with Gasteiger partial charge in [0, 0.05) is 10.9 Å². The molecule has 0 aliphatic carbocycles. The molecule has 0 saturated heterocycles. The Kier molecular flexibility index (Phi) is 5.87. The molecule has 1 amide bonds. The first-order valence-electron chi connectivity index (χ1n) is 11.4. The molecular formula is C29H25ClN4O. The number of nitrogens with one attached hydrogen (secondary N) is 1. The largest absolute Gasteiger partial charge is 0.321 e. The Morgan fingerprint density at radius 3 is 2.29 bits per heavy atom. The van der Waals surface area contributed by atoms with E-state index in [0.29, 0.717) is 22.0 Å². The van der Waals surface area contributed by atoms with Crippen LogP contribution in [0, 0.1) is 27.7 Å². The van der Waals surface area contributed by atoms with Gasteiger partial charge in [-0.05, 0) is 75.7 Å². The summed E-state index contributed by atoms with van der Waals surface area (Å²) in [6, 6.07) is 21.6. The first kappa shape index (κ1) is 22.8. The maximum atomic E-state index is 13.5. The standard InChI is InChI=1S/C29H25ClN4O/c1-17-5-9-21(10-6-17)34-20(4)24(16-31-34)28-15-23(22-13-18(2)7-11-26(22)32-28)29(35)33-27-12-8-19(3)14-25(27)30/h5-16H,1-4H3,(H,33,35). The van der Waals surface area contributed by atoms with Crippen molar-refractivity contribution in [2.24, 2.45) is 0 Å². The molecule has 0 saturated carbocycles. The molecule has 3 aromatic carbocycles. The molecule has 35 heavy (non-hydrogen) atoms. The molecule has 5 nitrogen and oxygen atoms in total. The molecule has 0 aliphatic heterocycles. The summed E-state index contributed by atoms with van der Waals surface area (Å²) in [7, 11) is 0. The van der Waals surface area contributed by atoms with Gasteiger partial charge >= 0.3 is 0 Å². The number of hydrogen-bond donors (Lipinski definition) is 1. The molecule has 0 bridgehead atoms. The Balaban J connectivity index is 1.61. The second-order valence-corrected chi connectivity index (χ2v) is 9.31. The van der Waals surface area contributed by atoms with Gasteiger partial charge in [-0.3, -0.25) is 4.79 Å². The minimum atomic E-state index is -0.237. The number of anilines is 1. The summed E-state index contributed by atoms with van der Waals surface area (Å²) in [6.45, 7) is 8.03. The van der Waals surface area contributed by atoms with Gasteiger partial charge in [0.1, 0.15) is 0 Å². The van der Waals surface area contributed by atoms with Crippen molar-refractivity contribution in [3.8, 4) is 16.9 Å². The zero-order chi connectivity index (χ0) is 24.7. The lowest BCUT2D eigenvalue weighted by Crippen LogP contribution is -2.13. The van der Waals surface area contributed by atoms with E-state index in [-0.39, 0.29) is 5.91 Å². The van der Waals surface area contributed by atoms with Crippen molar-refractivity contribution < 1.29 is 4.79 Å². The van der Waals surface area contributed by atoms with Crippen LogP contribution in [0.5, 0.6) is 0 Å². The summed E-state index contributed by atoms with van der Waals surface area (Å²) in [6.07, 6.45) is 1.80. The monoisotopic (exact) mass is 480 g/mol. The Bertz CT molecular complexity index is 1590. The van der Waals surface area contributed by atoms with Crippen LogP contribution in [-0.4, -0.2) is 20.7 Å². The first-order valence-corrected chi connectivity index (χ1v) is 11.8. The van der Waals surface area contributed by atoms with Crippen LogP contribution in [0.1, 0.15) is 32.7 Å². The van der Waals surface area contributed by atoms with Gasteiger partial charge < -0.3 is 5.32 Å². The van der Waals surface area contributed by atoms with Crippen LogP contribution in [0.4, 0.5) is 5.69 Å². The van der Waals surface area contributed by atoms with Gasteiger partial charge in [-0.2, -0.15) is 5.10 Å². The molecular weight excluding hydrogens is 456 g/mol. The van der Waals surface area contributed by atoms with Crippen LogP contribution in [-0.2, 0) is 0 Å². The van der Waals surface area contributed by atoms with Crippen LogP contribution >= 0.6 is 11.6 Å².